The molecule has 2 heterocycles. The van der Waals surface area contributed by atoms with Gasteiger partial charge in [-0.05, 0) is 36.8 Å². The zero-order chi connectivity index (χ0) is 20.6. The number of benzene rings is 2. The lowest BCUT2D eigenvalue weighted by Crippen LogP contribution is -2.52. The Kier molecular flexibility index (Phi) is 4.99. The lowest BCUT2D eigenvalue weighted by atomic mass is 10.1. The number of rotatable bonds is 4. The molecule has 0 spiro atoms. The van der Waals surface area contributed by atoms with Gasteiger partial charge in [0.05, 0.1) is 25.0 Å². The van der Waals surface area contributed by atoms with E-state index in [4.69, 9.17) is 14.2 Å². The maximum absolute atomic E-state index is 12.7. The first-order valence-corrected chi connectivity index (χ1v) is 11.1. The lowest BCUT2D eigenvalue weighted by molar-refractivity contribution is -0.128. The number of carbonyl (C=O) groups excluding carboxylic acids is 1. The van der Waals surface area contributed by atoms with Crippen molar-refractivity contribution in [3.8, 4) is 17.2 Å². The van der Waals surface area contributed by atoms with Crippen LogP contribution in [-0.2, 0) is 14.8 Å². The van der Waals surface area contributed by atoms with Crippen molar-refractivity contribution in [1.29, 1.82) is 0 Å². The monoisotopic (exact) mass is 418 g/mol. The molecule has 2 aliphatic rings. The Morgan fingerprint density at radius 3 is 2.66 bits per heavy atom. The summed E-state index contributed by atoms with van der Waals surface area (Å²) in [4.78, 5) is 12.7. The van der Waals surface area contributed by atoms with Crippen LogP contribution in [0.4, 0.5) is 5.69 Å². The number of hydrogen-bond donors (Lipinski definition) is 1. The molecule has 0 saturated heterocycles. The molecular formula is C20H22N2O6S. The van der Waals surface area contributed by atoms with Crippen molar-refractivity contribution in [2.24, 2.45) is 0 Å². The summed E-state index contributed by atoms with van der Waals surface area (Å²) in [7, 11) is -3.56. The summed E-state index contributed by atoms with van der Waals surface area (Å²) in [6.07, 6.45) is -0.195. The minimum atomic E-state index is -3.56. The Hall–Kier alpha value is -2.94. The van der Waals surface area contributed by atoms with E-state index in [1.165, 1.54) is 4.31 Å². The molecule has 8 nitrogen and oxygen atoms in total. The summed E-state index contributed by atoms with van der Waals surface area (Å²) in [6.45, 7) is 2.29. The molecule has 2 atom stereocenters. The summed E-state index contributed by atoms with van der Waals surface area (Å²) >= 11 is 0. The van der Waals surface area contributed by atoms with Crippen molar-refractivity contribution in [3.63, 3.8) is 0 Å². The molecule has 2 unspecified atom stereocenters. The van der Waals surface area contributed by atoms with Crippen LogP contribution in [0.15, 0.2) is 42.5 Å². The number of nitrogens with zero attached hydrogens (tertiary/aromatic N) is 1. The van der Waals surface area contributed by atoms with Gasteiger partial charge in [0, 0.05) is 0 Å². The normalized spacial score (nSPS) is 20.4. The number of hydrogen-bond acceptors (Lipinski definition) is 6. The smallest absolute Gasteiger partial charge is 0.263 e. The predicted molar refractivity (Wildman–Crippen MR) is 107 cm³/mol. The maximum atomic E-state index is 12.7. The van der Waals surface area contributed by atoms with Crippen LogP contribution in [0.25, 0.3) is 0 Å². The van der Waals surface area contributed by atoms with E-state index >= 15 is 0 Å². The Morgan fingerprint density at radius 1 is 1.14 bits per heavy atom. The zero-order valence-corrected chi connectivity index (χ0v) is 16.9. The molecular weight excluding hydrogens is 396 g/mol. The third kappa shape index (κ3) is 4.09. The first-order chi connectivity index (χ1) is 13.8. The van der Waals surface area contributed by atoms with Crippen molar-refractivity contribution >= 4 is 21.6 Å². The summed E-state index contributed by atoms with van der Waals surface area (Å²) < 4.78 is 43.0. The fourth-order valence-electron chi connectivity index (χ4n) is 3.30. The molecule has 1 amide bonds. The van der Waals surface area contributed by atoms with E-state index in [-0.39, 0.29) is 19.2 Å². The van der Waals surface area contributed by atoms with Crippen molar-refractivity contribution in [2.75, 3.05) is 30.3 Å². The van der Waals surface area contributed by atoms with E-state index in [9.17, 15) is 13.2 Å². The third-order valence-corrected chi connectivity index (χ3v) is 5.89. The number of fused-ring (bicyclic) bond motifs is 2. The second-order valence-corrected chi connectivity index (χ2v) is 9.02. The van der Waals surface area contributed by atoms with Gasteiger partial charge in [-0.1, -0.05) is 18.2 Å². The van der Waals surface area contributed by atoms with E-state index in [0.29, 0.717) is 29.5 Å². The highest BCUT2D eigenvalue weighted by Crippen LogP contribution is 2.36. The second kappa shape index (κ2) is 7.47. The van der Waals surface area contributed by atoms with Gasteiger partial charge in [0.2, 0.25) is 10.0 Å². The Morgan fingerprint density at radius 2 is 1.90 bits per heavy atom. The van der Waals surface area contributed by atoms with Gasteiger partial charge in [0.15, 0.2) is 17.6 Å². The predicted octanol–water partition coefficient (Wildman–Crippen LogP) is 1.48. The van der Waals surface area contributed by atoms with E-state index in [1.54, 1.807) is 18.2 Å². The summed E-state index contributed by atoms with van der Waals surface area (Å²) in [6, 6.07) is 12.5. The van der Waals surface area contributed by atoms with Crippen LogP contribution in [0.5, 0.6) is 17.2 Å². The summed E-state index contributed by atoms with van der Waals surface area (Å²) in [5.74, 6) is 1.24. The number of nitrogens with one attached hydrogen (secondary N) is 1. The first-order valence-electron chi connectivity index (χ1n) is 9.22. The number of ether oxygens (including phenoxy) is 3. The molecule has 1 N–H and O–H groups in total. The molecule has 29 heavy (non-hydrogen) atoms. The van der Waals surface area contributed by atoms with Crippen LogP contribution in [0.2, 0.25) is 0 Å². The quantitative estimate of drug-likeness (QED) is 0.808. The molecule has 2 aliphatic heterocycles. The van der Waals surface area contributed by atoms with Crippen LogP contribution in [-0.4, -0.2) is 52.5 Å². The highest BCUT2D eigenvalue weighted by Gasteiger charge is 2.35. The molecule has 0 aromatic heterocycles. The number of anilines is 1. The summed E-state index contributed by atoms with van der Waals surface area (Å²) in [5.41, 5.74) is 1.34. The average Bonchev–Trinajstić information content (AvgIpc) is 2.70. The van der Waals surface area contributed by atoms with Crippen LogP contribution < -0.4 is 23.8 Å². The van der Waals surface area contributed by atoms with Gasteiger partial charge in [-0.3, -0.25) is 9.10 Å². The highest BCUT2D eigenvalue weighted by atomic mass is 32.2. The van der Waals surface area contributed by atoms with Gasteiger partial charge < -0.3 is 19.5 Å². The summed E-state index contributed by atoms with van der Waals surface area (Å²) in [5, 5.41) is 2.78. The minimum Gasteiger partial charge on any atom is -0.486 e. The van der Waals surface area contributed by atoms with Crippen LogP contribution in [0, 0.1) is 6.92 Å². The molecule has 9 heteroatoms. The Balaban J connectivity index is 1.43. The number of amides is 1. The Labute approximate surface area is 169 Å². The number of aryl methyl sites for hydroxylation is 1. The number of sulfonamides is 1. The highest BCUT2D eigenvalue weighted by molar-refractivity contribution is 7.92. The molecule has 0 radical (unpaired) electrons. The SMILES string of the molecule is Cc1ccc2c(c1)N(S(C)(=O)=O)CC(C(=O)NCC1COc3ccccc3O1)O2. The fraction of sp³-hybridized carbons (Fsp3) is 0.350. The lowest BCUT2D eigenvalue weighted by Gasteiger charge is -2.34. The van der Waals surface area contributed by atoms with Gasteiger partial charge in [-0.15, -0.1) is 0 Å². The van der Waals surface area contributed by atoms with Crippen molar-refractivity contribution < 1.29 is 27.4 Å². The third-order valence-electron chi connectivity index (χ3n) is 4.75. The fourth-order valence-corrected chi connectivity index (χ4v) is 4.21. The zero-order valence-electron chi connectivity index (χ0n) is 16.1. The van der Waals surface area contributed by atoms with Gasteiger partial charge in [-0.2, -0.15) is 0 Å². The van der Waals surface area contributed by atoms with Gasteiger partial charge in [0.25, 0.3) is 5.91 Å². The van der Waals surface area contributed by atoms with Crippen LogP contribution >= 0.6 is 0 Å². The minimum absolute atomic E-state index is 0.0913. The molecule has 0 fully saturated rings. The van der Waals surface area contributed by atoms with E-state index in [1.807, 2.05) is 31.2 Å². The van der Waals surface area contributed by atoms with E-state index in [2.05, 4.69) is 5.32 Å². The van der Waals surface area contributed by atoms with E-state index < -0.39 is 22.0 Å². The average molecular weight is 418 g/mol. The van der Waals surface area contributed by atoms with Gasteiger partial charge in [0.1, 0.15) is 18.5 Å². The van der Waals surface area contributed by atoms with Crippen LogP contribution in [0.3, 0.4) is 0 Å². The molecule has 154 valence electrons. The standard InChI is InChI=1S/C20H22N2O6S/c1-13-7-8-16-15(9-13)22(29(2,24)25)11-19(28-16)20(23)21-10-14-12-26-17-5-3-4-6-18(17)27-14/h3-9,14,19H,10-12H2,1-2H3,(H,21,23). The maximum Gasteiger partial charge on any atom is 0.263 e. The van der Waals surface area contributed by atoms with E-state index in [0.717, 1.165) is 11.8 Å². The molecule has 4 rings (SSSR count). The van der Waals surface area contributed by atoms with Crippen molar-refractivity contribution in [3.05, 3.63) is 48.0 Å². The van der Waals surface area contributed by atoms with Crippen molar-refractivity contribution in [1.82, 2.24) is 5.32 Å². The number of carbonyl (C=O) groups is 1. The topological polar surface area (TPSA) is 94.2 Å². The Bertz CT molecular complexity index is 1040. The van der Waals surface area contributed by atoms with Crippen LogP contribution in [0.1, 0.15) is 5.56 Å². The largest absolute Gasteiger partial charge is 0.486 e. The molecule has 0 bridgehead atoms. The van der Waals surface area contributed by atoms with Gasteiger partial charge in [-0.25, -0.2) is 8.42 Å². The van der Waals surface area contributed by atoms with Gasteiger partial charge >= 0.3 is 0 Å². The molecule has 0 aliphatic carbocycles. The molecule has 2 aromatic carbocycles. The number of para-hydroxylation sites is 2. The second-order valence-electron chi connectivity index (χ2n) is 7.11. The molecule has 2 aromatic rings. The first kappa shape index (κ1) is 19.4. The van der Waals surface area contributed by atoms with Crippen molar-refractivity contribution in [2.45, 2.75) is 19.1 Å². The molecule has 0 saturated carbocycles.